The lowest BCUT2D eigenvalue weighted by Gasteiger charge is -2.03. The first kappa shape index (κ1) is 22.0. The number of carbonyl (C=O) groups is 1. The zero-order valence-corrected chi connectivity index (χ0v) is 17.1. The first-order chi connectivity index (χ1) is 13.5. The van der Waals surface area contributed by atoms with Crippen molar-refractivity contribution >= 4 is 16.9 Å². The van der Waals surface area contributed by atoms with Gasteiger partial charge in [-0.15, -0.1) is 10.2 Å². The van der Waals surface area contributed by atoms with Gasteiger partial charge in [0.2, 0.25) is 11.8 Å². The fourth-order valence-electron chi connectivity index (χ4n) is 2.12. The topological polar surface area (TPSA) is 116 Å². The smallest absolute Gasteiger partial charge is 0.251 e. The fourth-order valence-corrected chi connectivity index (χ4v) is 3.18. The van der Waals surface area contributed by atoms with Crippen LogP contribution in [0.15, 0.2) is 28.7 Å². The predicted octanol–water partition coefficient (Wildman–Crippen LogP) is 1.43. The third kappa shape index (κ3) is 7.37. The quantitative estimate of drug-likeness (QED) is 0.601. The number of para-hydroxylation sites is 1. The van der Waals surface area contributed by atoms with Crippen LogP contribution in [0.1, 0.15) is 25.7 Å². The van der Waals surface area contributed by atoms with Gasteiger partial charge in [0, 0.05) is 25.8 Å². The number of carbonyl (C=O) groups excluding carboxylic acids is 1. The Bertz CT molecular complexity index is 779. The lowest BCUT2D eigenvalue weighted by molar-refractivity contribution is -0.119. The molecular weight excluding hydrogens is 384 g/mol. The first-order valence-electron chi connectivity index (χ1n) is 8.88. The van der Waals surface area contributed by atoms with E-state index < -0.39 is 11.0 Å². The summed E-state index contributed by atoms with van der Waals surface area (Å²) in [5.41, 5.74) is 0.747. The molecule has 9 nitrogen and oxygen atoms in total. The normalized spacial score (nSPS) is 14.0. The third-order valence-corrected chi connectivity index (χ3v) is 5.18. The number of aromatic nitrogens is 2. The molecule has 2 N–H and O–H groups in total. The average Bonchev–Trinajstić information content (AvgIpc) is 3.45. The molecule has 1 amide bonds. The van der Waals surface area contributed by atoms with Gasteiger partial charge >= 0.3 is 0 Å². The minimum Gasteiger partial charge on any atom is -0.496 e. The highest BCUT2D eigenvalue weighted by Gasteiger charge is 2.28. The molecule has 1 aliphatic carbocycles. The second-order valence-electron chi connectivity index (χ2n) is 5.99. The van der Waals surface area contributed by atoms with Crippen LogP contribution >= 0.6 is 0 Å². The molecule has 1 aromatic heterocycles. The monoisotopic (exact) mass is 410 g/mol. The van der Waals surface area contributed by atoms with E-state index in [1.54, 1.807) is 14.2 Å². The zero-order valence-electron chi connectivity index (χ0n) is 16.3. The van der Waals surface area contributed by atoms with Gasteiger partial charge in [0.15, 0.2) is 0 Å². The van der Waals surface area contributed by atoms with E-state index in [1.807, 2.05) is 24.3 Å². The molecule has 0 spiro atoms. The summed E-state index contributed by atoms with van der Waals surface area (Å²) in [5.74, 6) is 1.48. The summed E-state index contributed by atoms with van der Waals surface area (Å²) < 4.78 is 30.0. The highest BCUT2D eigenvalue weighted by molar-refractivity contribution is 7.83. The SMILES string of the molecule is COCCNC(C)=O.COc1ccccc1-c1nnc(CNS(=O)C2CC2)o1. The second-order valence-corrected chi connectivity index (χ2v) is 7.55. The van der Waals surface area contributed by atoms with Gasteiger partial charge < -0.3 is 19.2 Å². The van der Waals surface area contributed by atoms with Crippen LogP contribution in [0.25, 0.3) is 11.5 Å². The molecule has 1 aliphatic rings. The van der Waals surface area contributed by atoms with E-state index in [9.17, 15) is 9.00 Å². The number of benzene rings is 1. The molecule has 1 saturated carbocycles. The molecular formula is C18H26N4O5S. The minimum absolute atomic E-state index is 0.0120. The van der Waals surface area contributed by atoms with Gasteiger partial charge in [0.1, 0.15) is 5.75 Å². The van der Waals surface area contributed by atoms with E-state index in [0.717, 1.165) is 18.4 Å². The van der Waals surface area contributed by atoms with Gasteiger partial charge in [-0.1, -0.05) is 12.1 Å². The Hall–Kier alpha value is -2.30. The summed E-state index contributed by atoms with van der Waals surface area (Å²) in [6, 6.07) is 7.44. The van der Waals surface area contributed by atoms with Crippen molar-refractivity contribution in [2.45, 2.75) is 31.6 Å². The lowest BCUT2D eigenvalue weighted by Crippen LogP contribution is -2.23. The number of nitrogens with one attached hydrogen (secondary N) is 2. The van der Waals surface area contributed by atoms with Crippen molar-refractivity contribution < 1.29 is 22.9 Å². The molecule has 2 aromatic rings. The number of methoxy groups -OCH3 is 2. The lowest BCUT2D eigenvalue weighted by atomic mass is 10.2. The van der Waals surface area contributed by atoms with Gasteiger partial charge in [-0.05, 0) is 25.0 Å². The van der Waals surface area contributed by atoms with Crippen molar-refractivity contribution in [3.8, 4) is 17.2 Å². The van der Waals surface area contributed by atoms with E-state index in [-0.39, 0.29) is 11.2 Å². The van der Waals surface area contributed by atoms with Gasteiger partial charge in [-0.3, -0.25) is 4.79 Å². The standard InChI is InChI=1S/C13H15N3O3S.C5H11NO2/c1-18-11-5-3-2-4-10(11)13-16-15-12(19-13)8-14-20(17)9-6-7-9;1-5(7)6-3-4-8-2/h2-5,9,14H,6-8H2,1H3;3-4H2,1-2H3,(H,6,7). The van der Waals surface area contributed by atoms with E-state index in [0.29, 0.717) is 37.2 Å². The Morgan fingerprint density at radius 1 is 1.29 bits per heavy atom. The van der Waals surface area contributed by atoms with Crippen molar-refractivity contribution in [1.29, 1.82) is 0 Å². The van der Waals surface area contributed by atoms with Crippen LogP contribution in [0.5, 0.6) is 5.75 Å². The van der Waals surface area contributed by atoms with Gasteiger partial charge in [0.25, 0.3) is 5.89 Å². The van der Waals surface area contributed by atoms with Crippen LogP contribution in [0.3, 0.4) is 0 Å². The highest BCUT2D eigenvalue weighted by Crippen LogP contribution is 2.28. The van der Waals surface area contributed by atoms with Crippen LogP contribution < -0.4 is 14.8 Å². The molecule has 1 heterocycles. The molecule has 10 heteroatoms. The molecule has 0 radical (unpaired) electrons. The molecule has 28 heavy (non-hydrogen) atoms. The molecule has 1 aromatic carbocycles. The number of rotatable bonds is 9. The summed E-state index contributed by atoms with van der Waals surface area (Å²) in [5, 5.41) is 10.8. The molecule has 1 unspecified atom stereocenters. The Kier molecular flexibility index (Phi) is 9.05. The summed E-state index contributed by atoms with van der Waals surface area (Å²) in [6.07, 6.45) is 2.05. The average molecular weight is 410 g/mol. The van der Waals surface area contributed by atoms with Gasteiger partial charge in [0.05, 0.1) is 36.8 Å². The zero-order chi connectivity index (χ0) is 20.4. The molecule has 0 saturated heterocycles. The maximum Gasteiger partial charge on any atom is 0.251 e. The largest absolute Gasteiger partial charge is 0.496 e. The van der Waals surface area contributed by atoms with E-state index in [1.165, 1.54) is 6.92 Å². The number of hydrogen-bond acceptors (Lipinski definition) is 7. The van der Waals surface area contributed by atoms with Gasteiger partial charge in [-0.25, -0.2) is 8.93 Å². The molecule has 154 valence electrons. The van der Waals surface area contributed by atoms with Crippen LogP contribution in [0, 0.1) is 0 Å². The maximum absolute atomic E-state index is 11.6. The summed E-state index contributed by atoms with van der Waals surface area (Å²) in [6.45, 7) is 2.98. The van der Waals surface area contributed by atoms with Crippen molar-refractivity contribution in [1.82, 2.24) is 20.2 Å². The molecule has 3 rings (SSSR count). The fraction of sp³-hybridized carbons (Fsp3) is 0.500. The Labute approximate surface area is 166 Å². The van der Waals surface area contributed by atoms with Crippen molar-refractivity contribution in [3.05, 3.63) is 30.2 Å². The van der Waals surface area contributed by atoms with Crippen molar-refractivity contribution in [2.24, 2.45) is 0 Å². The maximum atomic E-state index is 11.6. The van der Waals surface area contributed by atoms with Gasteiger partial charge in [-0.2, -0.15) is 0 Å². The number of amides is 1. The number of ether oxygens (including phenoxy) is 2. The van der Waals surface area contributed by atoms with E-state index in [2.05, 4.69) is 25.0 Å². The molecule has 1 fully saturated rings. The highest BCUT2D eigenvalue weighted by atomic mass is 32.2. The Morgan fingerprint density at radius 2 is 2.04 bits per heavy atom. The summed E-state index contributed by atoms with van der Waals surface area (Å²) in [4.78, 5) is 10.2. The van der Waals surface area contributed by atoms with Crippen LogP contribution in [-0.2, 0) is 27.1 Å². The van der Waals surface area contributed by atoms with Crippen LogP contribution in [0.4, 0.5) is 0 Å². The third-order valence-electron chi connectivity index (χ3n) is 3.68. The first-order valence-corrected chi connectivity index (χ1v) is 10.1. The minimum atomic E-state index is -1.00. The summed E-state index contributed by atoms with van der Waals surface area (Å²) >= 11 is 0. The molecule has 0 bridgehead atoms. The van der Waals surface area contributed by atoms with E-state index >= 15 is 0 Å². The predicted molar refractivity (Wildman–Crippen MR) is 105 cm³/mol. The summed E-state index contributed by atoms with van der Waals surface area (Å²) in [7, 11) is 2.19. The second kappa shape index (κ2) is 11.5. The van der Waals surface area contributed by atoms with Crippen LogP contribution in [-0.4, -0.2) is 52.9 Å². The Morgan fingerprint density at radius 3 is 2.68 bits per heavy atom. The molecule has 0 aliphatic heterocycles. The Balaban J connectivity index is 0.000000300. The van der Waals surface area contributed by atoms with Crippen molar-refractivity contribution in [3.63, 3.8) is 0 Å². The molecule has 1 atom stereocenters. The van der Waals surface area contributed by atoms with Crippen LogP contribution in [0.2, 0.25) is 0 Å². The van der Waals surface area contributed by atoms with E-state index in [4.69, 9.17) is 9.15 Å². The number of hydrogen-bond donors (Lipinski definition) is 2. The number of nitrogens with zero attached hydrogens (tertiary/aromatic N) is 2. The van der Waals surface area contributed by atoms with Crippen molar-refractivity contribution in [2.75, 3.05) is 27.4 Å².